The van der Waals surface area contributed by atoms with E-state index in [1.807, 2.05) is 42.8 Å². The van der Waals surface area contributed by atoms with Crippen LogP contribution in [0.3, 0.4) is 0 Å². The highest BCUT2D eigenvalue weighted by Crippen LogP contribution is 2.26. The molecule has 7 heteroatoms. The fourth-order valence-corrected chi connectivity index (χ4v) is 2.56. The zero-order valence-corrected chi connectivity index (χ0v) is 15.8. The molecule has 26 heavy (non-hydrogen) atoms. The van der Waals surface area contributed by atoms with Crippen LogP contribution < -0.4 is 10.1 Å². The molecular formula is C19H24N6O. The number of hydrogen-bond donors (Lipinski definition) is 1. The number of imidazole rings is 1. The summed E-state index contributed by atoms with van der Waals surface area (Å²) < 4.78 is 7.36. The molecule has 0 aromatic carbocycles. The van der Waals surface area contributed by atoms with E-state index in [9.17, 15) is 0 Å². The standard InChI is InChI=1S/C19H24N6O/c1-6-13(3)21-18-12(2)9-16(23-24-18)15-7-8-17(19(22-15)26-5)25-10-14(4)20-11-25/h7-11,13H,6H2,1-5H3,(H,21,24)/t13-/m1/s1. The third kappa shape index (κ3) is 3.66. The number of aryl methyl sites for hydroxylation is 2. The predicted molar refractivity (Wildman–Crippen MR) is 102 cm³/mol. The minimum absolute atomic E-state index is 0.352. The van der Waals surface area contributed by atoms with Crippen LogP contribution in [0.1, 0.15) is 31.5 Å². The van der Waals surface area contributed by atoms with Crippen LogP contribution in [0.25, 0.3) is 17.1 Å². The van der Waals surface area contributed by atoms with Crippen molar-refractivity contribution in [3.8, 4) is 23.0 Å². The maximum atomic E-state index is 5.47. The molecule has 3 aromatic heterocycles. The molecule has 0 unspecified atom stereocenters. The summed E-state index contributed by atoms with van der Waals surface area (Å²) >= 11 is 0. The van der Waals surface area contributed by atoms with E-state index < -0.39 is 0 Å². The molecule has 1 atom stereocenters. The van der Waals surface area contributed by atoms with Crippen LogP contribution >= 0.6 is 0 Å². The Hall–Kier alpha value is -2.96. The van der Waals surface area contributed by atoms with Crippen LogP contribution in [-0.4, -0.2) is 37.9 Å². The van der Waals surface area contributed by atoms with E-state index in [4.69, 9.17) is 4.74 Å². The van der Waals surface area contributed by atoms with Crippen LogP contribution in [0, 0.1) is 13.8 Å². The summed E-state index contributed by atoms with van der Waals surface area (Å²) in [6, 6.07) is 6.20. The van der Waals surface area contributed by atoms with Gasteiger partial charge in [0.05, 0.1) is 24.8 Å². The Kier molecular flexibility index (Phi) is 5.16. The fraction of sp³-hybridized carbons (Fsp3) is 0.368. The van der Waals surface area contributed by atoms with Crippen molar-refractivity contribution >= 4 is 5.82 Å². The lowest BCUT2D eigenvalue weighted by atomic mass is 10.2. The van der Waals surface area contributed by atoms with Gasteiger partial charge < -0.3 is 14.6 Å². The number of methoxy groups -OCH3 is 1. The second-order valence-electron chi connectivity index (χ2n) is 6.36. The second-order valence-corrected chi connectivity index (χ2v) is 6.36. The summed E-state index contributed by atoms with van der Waals surface area (Å²) in [5.74, 6) is 1.32. The summed E-state index contributed by atoms with van der Waals surface area (Å²) in [7, 11) is 1.61. The van der Waals surface area contributed by atoms with Crippen molar-refractivity contribution in [1.29, 1.82) is 0 Å². The molecule has 0 aliphatic carbocycles. The SMILES string of the molecule is CC[C@@H](C)Nc1nnc(-c2ccc(-n3cnc(C)c3)c(OC)n2)cc1C. The average Bonchev–Trinajstić information content (AvgIpc) is 3.08. The molecular weight excluding hydrogens is 328 g/mol. The molecule has 0 amide bonds. The van der Waals surface area contributed by atoms with Gasteiger partial charge in [-0.1, -0.05) is 6.92 Å². The van der Waals surface area contributed by atoms with Gasteiger partial charge in [-0.2, -0.15) is 0 Å². The Morgan fingerprint density at radius 3 is 2.62 bits per heavy atom. The molecule has 0 fully saturated rings. The quantitative estimate of drug-likeness (QED) is 0.731. The lowest BCUT2D eigenvalue weighted by Crippen LogP contribution is -2.16. The third-order valence-electron chi connectivity index (χ3n) is 4.27. The first-order valence-corrected chi connectivity index (χ1v) is 8.69. The van der Waals surface area contributed by atoms with Crippen LogP contribution in [0.15, 0.2) is 30.7 Å². The lowest BCUT2D eigenvalue weighted by Gasteiger charge is -2.14. The van der Waals surface area contributed by atoms with Gasteiger partial charge in [0.1, 0.15) is 11.4 Å². The zero-order chi connectivity index (χ0) is 18.7. The summed E-state index contributed by atoms with van der Waals surface area (Å²) in [6.07, 6.45) is 4.70. The summed E-state index contributed by atoms with van der Waals surface area (Å²) in [6.45, 7) is 8.22. The van der Waals surface area contributed by atoms with E-state index in [0.717, 1.165) is 29.2 Å². The molecule has 136 valence electrons. The maximum Gasteiger partial charge on any atom is 0.238 e. The van der Waals surface area contributed by atoms with Gasteiger partial charge >= 0.3 is 0 Å². The molecule has 0 bridgehead atoms. The first-order valence-electron chi connectivity index (χ1n) is 8.69. The minimum Gasteiger partial charge on any atom is -0.479 e. The molecule has 0 radical (unpaired) electrons. The van der Waals surface area contributed by atoms with E-state index in [-0.39, 0.29) is 0 Å². The molecule has 0 aliphatic rings. The van der Waals surface area contributed by atoms with Gasteiger partial charge in [0.2, 0.25) is 5.88 Å². The summed E-state index contributed by atoms with van der Waals surface area (Å²) in [5.41, 5.74) is 4.22. The number of pyridine rings is 1. The molecule has 0 saturated heterocycles. The number of ether oxygens (including phenoxy) is 1. The van der Waals surface area contributed by atoms with Gasteiger partial charge in [0.15, 0.2) is 5.82 Å². The Morgan fingerprint density at radius 2 is 2.00 bits per heavy atom. The normalized spacial score (nSPS) is 12.0. The maximum absolute atomic E-state index is 5.47. The fourth-order valence-electron chi connectivity index (χ4n) is 2.56. The third-order valence-corrected chi connectivity index (χ3v) is 4.27. The molecule has 0 spiro atoms. The topological polar surface area (TPSA) is 77.8 Å². The van der Waals surface area contributed by atoms with E-state index in [1.54, 1.807) is 13.4 Å². The van der Waals surface area contributed by atoms with Crippen molar-refractivity contribution in [2.75, 3.05) is 12.4 Å². The van der Waals surface area contributed by atoms with Gasteiger partial charge in [-0.05, 0) is 51.0 Å². The second kappa shape index (κ2) is 7.51. The van der Waals surface area contributed by atoms with Crippen molar-refractivity contribution in [1.82, 2.24) is 24.7 Å². The molecule has 0 saturated carbocycles. The van der Waals surface area contributed by atoms with E-state index in [2.05, 4.69) is 39.3 Å². The van der Waals surface area contributed by atoms with Gasteiger partial charge in [-0.3, -0.25) is 0 Å². The largest absolute Gasteiger partial charge is 0.479 e. The Morgan fingerprint density at radius 1 is 1.19 bits per heavy atom. The Balaban J connectivity index is 1.93. The average molecular weight is 352 g/mol. The van der Waals surface area contributed by atoms with Crippen molar-refractivity contribution in [3.63, 3.8) is 0 Å². The number of anilines is 1. The van der Waals surface area contributed by atoms with Crippen LogP contribution in [0.4, 0.5) is 5.82 Å². The van der Waals surface area contributed by atoms with Gasteiger partial charge in [0.25, 0.3) is 0 Å². The summed E-state index contributed by atoms with van der Waals surface area (Å²) in [4.78, 5) is 8.85. The van der Waals surface area contributed by atoms with E-state index >= 15 is 0 Å². The van der Waals surface area contributed by atoms with E-state index in [0.29, 0.717) is 23.3 Å². The number of aromatic nitrogens is 5. The molecule has 0 aliphatic heterocycles. The molecule has 7 nitrogen and oxygen atoms in total. The van der Waals surface area contributed by atoms with Crippen molar-refractivity contribution in [3.05, 3.63) is 42.0 Å². The number of nitrogens with one attached hydrogen (secondary N) is 1. The number of rotatable bonds is 6. The highest BCUT2D eigenvalue weighted by Gasteiger charge is 2.13. The van der Waals surface area contributed by atoms with Crippen LogP contribution in [0.2, 0.25) is 0 Å². The van der Waals surface area contributed by atoms with Gasteiger partial charge in [-0.25, -0.2) is 9.97 Å². The smallest absolute Gasteiger partial charge is 0.238 e. The van der Waals surface area contributed by atoms with Crippen molar-refractivity contribution in [2.24, 2.45) is 0 Å². The monoisotopic (exact) mass is 352 g/mol. The number of nitrogens with zero attached hydrogens (tertiary/aromatic N) is 5. The molecule has 1 N–H and O–H groups in total. The number of hydrogen-bond acceptors (Lipinski definition) is 6. The predicted octanol–water partition coefficient (Wildman–Crippen LogP) is 3.56. The van der Waals surface area contributed by atoms with Crippen molar-refractivity contribution < 1.29 is 4.74 Å². The lowest BCUT2D eigenvalue weighted by molar-refractivity contribution is 0.396. The highest BCUT2D eigenvalue weighted by atomic mass is 16.5. The molecule has 3 rings (SSSR count). The van der Waals surface area contributed by atoms with Gasteiger partial charge in [0, 0.05) is 12.2 Å². The zero-order valence-electron chi connectivity index (χ0n) is 15.8. The highest BCUT2D eigenvalue weighted by molar-refractivity contribution is 5.61. The molecule has 3 heterocycles. The van der Waals surface area contributed by atoms with Gasteiger partial charge in [-0.15, -0.1) is 10.2 Å². The first kappa shape index (κ1) is 17.8. The first-order chi connectivity index (χ1) is 12.5. The summed E-state index contributed by atoms with van der Waals surface area (Å²) in [5, 5.41) is 12.0. The van der Waals surface area contributed by atoms with Crippen LogP contribution in [0.5, 0.6) is 5.88 Å². The van der Waals surface area contributed by atoms with E-state index in [1.165, 1.54) is 0 Å². The van der Waals surface area contributed by atoms with Crippen molar-refractivity contribution in [2.45, 2.75) is 40.2 Å². The molecule has 3 aromatic rings. The Labute approximate surface area is 153 Å². The van der Waals surface area contributed by atoms with Crippen LogP contribution in [-0.2, 0) is 0 Å². The minimum atomic E-state index is 0.352. The Bertz CT molecular complexity index is 905.